The van der Waals surface area contributed by atoms with Crippen molar-refractivity contribution in [1.82, 2.24) is 10.2 Å². The Hall–Kier alpha value is -0.650. The number of hydrogen-bond donors (Lipinski definition) is 3. The molecule has 0 bridgehead atoms. The molecular weight excluding hydrogens is 194 g/mol. The average Bonchev–Trinajstić information content (AvgIpc) is 2.16. The molecule has 1 unspecified atom stereocenters. The van der Waals surface area contributed by atoms with Crippen molar-refractivity contribution in [2.24, 2.45) is 5.73 Å². The van der Waals surface area contributed by atoms with Crippen molar-refractivity contribution in [2.75, 3.05) is 26.7 Å². The molecule has 88 valence electrons. The van der Waals surface area contributed by atoms with Crippen LogP contribution in [-0.4, -0.2) is 54.7 Å². The lowest BCUT2D eigenvalue weighted by Gasteiger charge is -2.30. The van der Waals surface area contributed by atoms with Gasteiger partial charge in [-0.15, -0.1) is 0 Å². The number of hydrogen-bond acceptors (Lipinski definition) is 4. The molecule has 5 nitrogen and oxygen atoms in total. The van der Waals surface area contributed by atoms with Gasteiger partial charge in [-0.05, 0) is 33.0 Å². The van der Waals surface area contributed by atoms with Gasteiger partial charge in [-0.3, -0.25) is 4.79 Å². The molecule has 0 aliphatic carbocycles. The first kappa shape index (κ1) is 12.4. The van der Waals surface area contributed by atoms with Crippen LogP contribution in [0.3, 0.4) is 0 Å². The molecule has 5 heteroatoms. The molecule has 0 saturated carbocycles. The lowest BCUT2D eigenvalue weighted by Crippen LogP contribution is -2.45. The van der Waals surface area contributed by atoms with Crippen LogP contribution >= 0.6 is 0 Å². The van der Waals surface area contributed by atoms with Gasteiger partial charge in [0.1, 0.15) is 0 Å². The number of nitrogens with two attached hydrogens (primary N) is 1. The third-order valence-electron chi connectivity index (χ3n) is 2.82. The van der Waals surface area contributed by atoms with E-state index in [1.54, 1.807) is 0 Å². The van der Waals surface area contributed by atoms with Gasteiger partial charge in [-0.25, -0.2) is 0 Å². The summed E-state index contributed by atoms with van der Waals surface area (Å²) in [5.74, 6) is -0.826. The topological polar surface area (TPSA) is 78.6 Å². The van der Waals surface area contributed by atoms with Crippen LogP contribution in [0.5, 0.6) is 0 Å². The van der Waals surface area contributed by atoms with Crippen LogP contribution in [0.4, 0.5) is 0 Å². The molecule has 0 amide bonds. The van der Waals surface area contributed by atoms with Crippen molar-refractivity contribution in [1.29, 1.82) is 0 Å². The van der Waals surface area contributed by atoms with Gasteiger partial charge in [0.25, 0.3) is 0 Å². The second-order valence-electron chi connectivity index (χ2n) is 4.34. The highest BCUT2D eigenvalue weighted by molar-refractivity contribution is 5.67. The maximum absolute atomic E-state index is 10.4. The van der Waals surface area contributed by atoms with Crippen molar-refractivity contribution in [2.45, 2.75) is 31.3 Å². The molecular formula is C10H21N3O2. The highest BCUT2D eigenvalue weighted by Crippen LogP contribution is 2.07. The number of aliphatic carboxylic acids is 1. The van der Waals surface area contributed by atoms with Crippen molar-refractivity contribution in [3.63, 3.8) is 0 Å². The average molecular weight is 215 g/mol. The molecule has 1 saturated heterocycles. The maximum Gasteiger partial charge on any atom is 0.304 e. The van der Waals surface area contributed by atoms with E-state index in [1.807, 2.05) is 0 Å². The van der Waals surface area contributed by atoms with E-state index in [9.17, 15) is 4.79 Å². The molecule has 1 aliphatic rings. The maximum atomic E-state index is 10.4. The summed E-state index contributed by atoms with van der Waals surface area (Å²) in [5.41, 5.74) is 5.67. The van der Waals surface area contributed by atoms with Gasteiger partial charge in [-0.2, -0.15) is 0 Å². The van der Waals surface area contributed by atoms with E-state index in [0.717, 1.165) is 25.9 Å². The molecule has 0 aromatic heterocycles. The summed E-state index contributed by atoms with van der Waals surface area (Å²) in [7, 11) is 2.12. The molecule has 1 atom stereocenters. The summed E-state index contributed by atoms with van der Waals surface area (Å²) in [5, 5.41) is 11.9. The largest absolute Gasteiger partial charge is 0.481 e. The highest BCUT2D eigenvalue weighted by atomic mass is 16.4. The Morgan fingerprint density at radius 3 is 2.73 bits per heavy atom. The molecule has 1 heterocycles. The minimum absolute atomic E-state index is 0.0413. The monoisotopic (exact) mass is 215 g/mol. The summed E-state index contributed by atoms with van der Waals surface area (Å²) in [6.07, 6.45) is 2.28. The number of nitrogens with zero attached hydrogens (tertiary/aromatic N) is 1. The van der Waals surface area contributed by atoms with Gasteiger partial charge in [-0.1, -0.05) is 0 Å². The Labute approximate surface area is 90.6 Å². The fourth-order valence-corrected chi connectivity index (χ4v) is 1.83. The van der Waals surface area contributed by atoms with Gasteiger partial charge < -0.3 is 21.1 Å². The molecule has 0 aromatic carbocycles. The van der Waals surface area contributed by atoms with E-state index in [-0.39, 0.29) is 12.5 Å². The SMILES string of the molecule is CN1CCC(NCC(N)CC(=O)O)CC1. The number of likely N-dealkylation sites (tertiary alicyclic amines) is 1. The second kappa shape index (κ2) is 6.05. The number of carbonyl (C=O) groups is 1. The van der Waals surface area contributed by atoms with E-state index >= 15 is 0 Å². The lowest BCUT2D eigenvalue weighted by atomic mass is 10.1. The third kappa shape index (κ3) is 5.11. The van der Waals surface area contributed by atoms with Crippen molar-refractivity contribution in [3.8, 4) is 0 Å². The third-order valence-corrected chi connectivity index (χ3v) is 2.82. The first-order valence-corrected chi connectivity index (χ1v) is 5.47. The van der Waals surface area contributed by atoms with E-state index < -0.39 is 5.97 Å². The Morgan fingerprint density at radius 2 is 2.20 bits per heavy atom. The van der Waals surface area contributed by atoms with Gasteiger partial charge in [0, 0.05) is 18.6 Å². The van der Waals surface area contributed by atoms with Gasteiger partial charge in [0.05, 0.1) is 6.42 Å². The highest BCUT2D eigenvalue weighted by Gasteiger charge is 2.17. The van der Waals surface area contributed by atoms with E-state index in [4.69, 9.17) is 10.8 Å². The van der Waals surface area contributed by atoms with Gasteiger partial charge in [0.2, 0.25) is 0 Å². The fourth-order valence-electron chi connectivity index (χ4n) is 1.83. The standard InChI is InChI=1S/C10H21N3O2/c1-13-4-2-9(3-5-13)12-7-8(11)6-10(14)15/h8-9,12H,2-7,11H2,1H3,(H,14,15). The van der Waals surface area contributed by atoms with Crippen molar-refractivity contribution < 1.29 is 9.90 Å². The summed E-state index contributed by atoms with van der Waals surface area (Å²) < 4.78 is 0. The Bertz CT molecular complexity index is 203. The summed E-state index contributed by atoms with van der Waals surface area (Å²) in [6, 6.07) is 0.225. The Kier molecular flexibility index (Phi) is 5.01. The molecule has 0 aromatic rings. The van der Waals surface area contributed by atoms with Crippen LogP contribution in [0.1, 0.15) is 19.3 Å². The molecule has 0 radical (unpaired) electrons. The quantitative estimate of drug-likeness (QED) is 0.575. The fraction of sp³-hybridized carbons (Fsp3) is 0.900. The van der Waals surface area contributed by atoms with Crippen molar-refractivity contribution in [3.05, 3.63) is 0 Å². The first-order valence-electron chi connectivity index (χ1n) is 5.47. The molecule has 4 N–H and O–H groups in total. The van der Waals surface area contributed by atoms with Crippen LogP contribution in [0.25, 0.3) is 0 Å². The summed E-state index contributed by atoms with van der Waals surface area (Å²) in [4.78, 5) is 12.7. The zero-order valence-electron chi connectivity index (χ0n) is 9.28. The number of rotatable bonds is 5. The predicted octanol–water partition coefficient (Wildman–Crippen LogP) is -0.528. The van der Waals surface area contributed by atoms with E-state index in [0.29, 0.717) is 12.6 Å². The normalized spacial score (nSPS) is 21.5. The van der Waals surface area contributed by atoms with Crippen LogP contribution in [0, 0.1) is 0 Å². The Morgan fingerprint density at radius 1 is 1.60 bits per heavy atom. The molecule has 1 fully saturated rings. The second-order valence-corrected chi connectivity index (χ2v) is 4.34. The minimum Gasteiger partial charge on any atom is -0.481 e. The van der Waals surface area contributed by atoms with Crippen LogP contribution < -0.4 is 11.1 Å². The molecule has 1 aliphatic heterocycles. The van der Waals surface area contributed by atoms with Gasteiger partial charge >= 0.3 is 5.97 Å². The number of piperidine rings is 1. The van der Waals surface area contributed by atoms with Crippen LogP contribution in [0.2, 0.25) is 0 Å². The van der Waals surface area contributed by atoms with Crippen LogP contribution in [0.15, 0.2) is 0 Å². The zero-order valence-corrected chi connectivity index (χ0v) is 9.28. The molecule has 15 heavy (non-hydrogen) atoms. The molecule has 0 spiro atoms. The van der Waals surface area contributed by atoms with E-state index in [2.05, 4.69) is 17.3 Å². The molecule has 1 rings (SSSR count). The van der Waals surface area contributed by atoms with Crippen LogP contribution in [-0.2, 0) is 4.79 Å². The summed E-state index contributed by atoms with van der Waals surface area (Å²) in [6.45, 7) is 2.80. The van der Waals surface area contributed by atoms with Gasteiger partial charge in [0.15, 0.2) is 0 Å². The lowest BCUT2D eigenvalue weighted by molar-refractivity contribution is -0.137. The number of nitrogens with one attached hydrogen (secondary N) is 1. The zero-order chi connectivity index (χ0) is 11.3. The number of carboxylic acid groups (broad SMARTS) is 1. The first-order chi connectivity index (χ1) is 7.08. The van der Waals surface area contributed by atoms with E-state index in [1.165, 1.54) is 0 Å². The van der Waals surface area contributed by atoms with Crippen molar-refractivity contribution >= 4 is 5.97 Å². The smallest absolute Gasteiger partial charge is 0.304 e. The minimum atomic E-state index is -0.826. The predicted molar refractivity (Wildman–Crippen MR) is 58.7 cm³/mol. The number of carboxylic acids is 1. The Balaban J connectivity index is 2.11. The summed E-state index contributed by atoms with van der Waals surface area (Å²) >= 11 is 0.